The van der Waals surface area contributed by atoms with E-state index in [4.69, 9.17) is 0 Å². The summed E-state index contributed by atoms with van der Waals surface area (Å²) in [5.41, 5.74) is 5.28. The minimum Gasteiger partial charge on any atom is -0.350 e. The monoisotopic (exact) mass is 395 g/mol. The third-order valence-electron chi connectivity index (χ3n) is 6.43. The quantitative estimate of drug-likeness (QED) is 0.472. The fraction of sp³-hybridized carbons (Fsp3) is 0.200. The minimum absolute atomic E-state index is 0.235. The van der Waals surface area contributed by atoms with Crippen molar-refractivity contribution in [2.24, 2.45) is 7.05 Å². The standard InChI is InChI=1S/C25H21N3O2/c1-26-15-19(16-8-2-4-10-20(16)26)18-14-23(29)28(25(18)30)24-17-9-3-5-11-21(17)27-13-7-6-12-22(24)27/h2-5,8-11,14-15H,6-7,12-13H2,1H3. The first-order chi connectivity index (χ1) is 14.6. The number of carbonyl (C=O) groups excluding carboxylic acids is 2. The van der Waals surface area contributed by atoms with E-state index < -0.39 is 0 Å². The molecule has 30 heavy (non-hydrogen) atoms. The van der Waals surface area contributed by atoms with Crippen molar-refractivity contribution in [3.05, 3.63) is 72.1 Å². The van der Waals surface area contributed by atoms with Gasteiger partial charge in [0.2, 0.25) is 0 Å². The van der Waals surface area contributed by atoms with Gasteiger partial charge in [-0.05, 0) is 31.4 Å². The topological polar surface area (TPSA) is 47.2 Å². The Morgan fingerprint density at radius 2 is 1.60 bits per heavy atom. The minimum atomic E-state index is -0.257. The first kappa shape index (κ1) is 17.3. The molecule has 0 N–H and O–H groups in total. The summed E-state index contributed by atoms with van der Waals surface area (Å²) >= 11 is 0. The molecular weight excluding hydrogens is 374 g/mol. The summed E-state index contributed by atoms with van der Waals surface area (Å²) in [6, 6.07) is 16.1. The molecule has 5 nitrogen and oxygen atoms in total. The number of aromatic nitrogens is 2. The van der Waals surface area contributed by atoms with Crippen molar-refractivity contribution < 1.29 is 9.59 Å². The molecule has 2 amide bonds. The van der Waals surface area contributed by atoms with Gasteiger partial charge in [-0.2, -0.15) is 0 Å². The molecular formula is C25H21N3O2. The van der Waals surface area contributed by atoms with Gasteiger partial charge in [-0.25, -0.2) is 4.90 Å². The number of benzene rings is 2. The second-order valence-corrected chi connectivity index (χ2v) is 8.13. The maximum absolute atomic E-state index is 13.6. The lowest BCUT2D eigenvalue weighted by molar-refractivity contribution is -0.119. The normalized spacial score (nSPS) is 16.6. The van der Waals surface area contributed by atoms with Crippen LogP contribution in [0.25, 0.3) is 27.4 Å². The number of aryl methyl sites for hydroxylation is 2. The largest absolute Gasteiger partial charge is 0.350 e. The van der Waals surface area contributed by atoms with Gasteiger partial charge in [-0.1, -0.05) is 36.4 Å². The second-order valence-electron chi connectivity index (χ2n) is 8.13. The molecule has 0 radical (unpaired) electrons. The number of amides is 2. The van der Waals surface area contributed by atoms with E-state index in [0.717, 1.165) is 64.6 Å². The predicted octanol–water partition coefficient (Wildman–Crippen LogP) is 4.43. The van der Waals surface area contributed by atoms with Crippen molar-refractivity contribution in [3.63, 3.8) is 0 Å². The van der Waals surface area contributed by atoms with Crippen LogP contribution in [0.1, 0.15) is 24.1 Å². The van der Waals surface area contributed by atoms with Crippen molar-refractivity contribution in [2.75, 3.05) is 4.90 Å². The van der Waals surface area contributed by atoms with E-state index in [1.165, 1.54) is 11.0 Å². The number of fused-ring (bicyclic) bond motifs is 4. The summed E-state index contributed by atoms with van der Waals surface area (Å²) in [4.78, 5) is 28.2. The van der Waals surface area contributed by atoms with Gasteiger partial charge >= 0.3 is 0 Å². The maximum atomic E-state index is 13.6. The summed E-state index contributed by atoms with van der Waals surface area (Å²) in [6.45, 7) is 0.926. The number of hydrogen-bond acceptors (Lipinski definition) is 2. The first-order valence-electron chi connectivity index (χ1n) is 10.4. The van der Waals surface area contributed by atoms with E-state index in [-0.39, 0.29) is 11.8 Å². The zero-order valence-electron chi connectivity index (χ0n) is 16.8. The van der Waals surface area contributed by atoms with Crippen LogP contribution in [0.5, 0.6) is 0 Å². The van der Waals surface area contributed by atoms with Gasteiger partial charge in [0.25, 0.3) is 11.8 Å². The van der Waals surface area contributed by atoms with Gasteiger partial charge in [0.1, 0.15) is 0 Å². The smallest absolute Gasteiger partial charge is 0.266 e. The third-order valence-corrected chi connectivity index (χ3v) is 6.43. The van der Waals surface area contributed by atoms with E-state index in [2.05, 4.69) is 10.6 Å². The van der Waals surface area contributed by atoms with Crippen LogP contribution >= 0.6 is 0 Å². The van der Waals surface area contributed by atoms with Crippen molar-refractivity contribution in [1.29, 1.82) is 0 Å². The molecule has 2 aliphatic rings. The number of rotatable bonds is 2. The molecule has 6 rings (SSSR count). The lowest BCUT2D eigenvalue weighted by Crippen LogP contribution is -2.31. The summed E-state index contributed by atoms with van der Waals surface area (Å²) in [5, 5.41) is 1.96. The van der Waals surface area contributed by atoms with E-state index in [1.807, 2.05) is 60.3 Å². The number of hydrogen-bond donors (Lipinski definition) is 0. The fourth-order valence-corrected chi connectivity index (χ4v) is 5.09. The van der Waals surface area contributed by atoms with Crippen molar-refractivity contribution in [3.8, 4) is 0 Å². The summed E-state index contributed by atoms with van der Waals surface area (Å²) in [7, 11) is 1.96. The van der Waals surface area contributed by atoms with Crippen LogP contribution in [-0.4, -0.2) is 20.9 Å². The average molecular weight is 395 g/mol. The van der Waals surface area contributed by atoms with E-state index in [0.29, 0.717) is 5.57 Å². The zero-order chi connectivity index (χ0) is 20.4. The van der Waals surface area contributed by atoms with Crippen LogP contribution in [0, 0.1) is 0 Å². The third kappa shape index (κ3) is 2.23. The maximum Gasteiger partial charge on any atom is 0.266 e. The molecule has 4 aromatic rings. The Bertz CT molecular complexity index is 1400. The molecule has 0 saturated heterocycles. The molecule has 0 atom stereocenters. The van der Waals surface area contributed by atoms with Crippen molar-refractivity contribution in [1.82, 2.24) is 9.13 Å². The van der Waals surface area contributed by atoms with Crippen LogP contribution in [0.3, 0.4) is 0 Å². The number of anilines is 1. The van der Waals surface area contributed by atoms with Gasteiger partial charge in [-0.3, -0.25) is 9.59 Å². The molecule has 0 aliphatic carbocycles. The molecule has 0 unspecified atom stereocenters. The zero-order valence-corrected chi connectivity index (χ0v) is 16.8. The molecule has 5 heteroatoms. The highest BCUT2D eigenvalue weighted by molar-refractivity contribution is 6.45. The Morgan fingerprint density at radius 1 is 0.867 bits per heavy atom. The van der Waals surface area contributed by atoms with Crippen LogP contribution < -0.4 is 4.90 Å². The van der Waals surface area contributed by atoms with Crippen LogP contribution in [0.15, 0.2) is 60.8 Å². The first-order valence-corrected chi connectivity index (χ1v) is 10.4. The summed E-state index contributed by atoms with van der Waals surface area (Å²) in [6.07, 6.45) is 6.52. The highest BCUT2D eigenvalue weighted by atomic mass is 16.2. The fourth-order valence-electron chi connectivity index (χ4n) is 5.09. The molecule has 0 spiro atoms. The number of carbonyl (C=O) groups is 2. The summed E-state index contributed by atoms with van der Waals surface area (Å²) in [5.74, 6) is -0.492. The van der Waals surface area contributed by atoms with Crippen molar-refractivity contribution >= 4 is 44.9 Å². The number of imide groups is 1. The highest BCUT2D eigenvalue weighted by Crippen LogP contribution is 2.41. The van der Waals surface area contributed by atoms with E-state index >= 15 is 0 Å². The molecule has 0 saturated carbocycles. The van der Waals surface area contributed by atoms with Crippen LogP contribution in [0.4, 0.5) is 5.69 Å². The van der Waals surface area contributed by atoms with Crippen molar-refractivity contribution in [2.45, 2.75) is 25.8 Å². The van der Waals surface area contributed by atoms with Gasteiger partial charge in [0.15, 0.2) is 0 Å². The molecule has 0 fully saturated rings. The molecule has 148 valence electrons. The predicted molar refractivity (Wildman–Crippen MR) is 118 cm³/mol. The Balaban J connectivity index is 1.53. The summed E-state index contributed by atoms with van der Waals surface area (Å²) < 4.78 is 4.28. The van der Waals surface area contributed by atoms with Crippen LogP contribution in [0.2, 0.25) is 0 Å². The van der Waals surface area contributed by atoms with Gasteiger partial charge in [-0.15, -0.1) is 0 Å². The Hall–Kier alpha value is -3.60. The lowest BCUT2D eigenvalue weighted by Gasteiger charge is -2.21. The SMILES string of the molecule is Cn1cc(C2=CC(=O)N(c3c4n(c5ccccc35)CCCC4)C2=O)c2ccccc21. The molecule has 0 bridgehead atoms. The molecule has 2 aromatic carbocycles. The number of para-hydroxylation sites is 2. The average Bonchev–Trinajstić information content (AvgIpc) is 3.38. The van der Waals surface area contributed by atoms with Crippen LogP contribution in [-0.2, 0) is 29.6 Å². The molecule has 4 heterocycles. The Labute approximate surface area is 173 Å². The van der Waals surface area contributed by atoms with E-state index in [1.54, 1.807) is 0 Å². The Morgan fingerprint density at radius 3 is 2.43 bits per heavy atom. The molecule has 2 aliphatic heterocycles. The number of nitrogens with zero attached hydrogens (tertiary/aromatic N) is 3. The van der Waals surface area contributed by atoms with Gasteiger partial charge in [0.05, 0.1) is 16.8 Å². The van der Waals surface area contributed by atoms with E-state index in [9.17, 15) is 9.59 Å². The lowest BCUT2D eigenvalue weighted by atomic mass is 10.0. The molecule has 2 aromatic heterocycles. The highest BCUT2D eigenvalue weighted by Gasteiger charge is 2.38. The van der Waals surface area contributed by atoms with Gasteiger partial charge in [0, 0.05) is 53.4 Å². The van der Waals surface area contributed by atoms with Gasteiger partial charge < -0.3 is 9.13 Å². The Kier molecular flexibility index (Phi) is 3.57. The second kappa shape index (κ2) is 6.20.